The van der Waals surface area contributed by atoms with Crippen LogP contribution < -0.4 is 14.4 Å². The van der Waals surface area contributed by atoms with Crippen LogP contribution in [0.5, 0.6) is 11.5 Å². The Bertz CT molecular complexity index is 1430. The van der Waals surface area contributed by atoms with Crippen LogP contribution in [-0.4, -0.2) is 46.4 Å². The van der Waals surface area contributed by atoms with E-state index >= 15 is 0 Å². The summed E-state index contributed by atoms with van der Waals surface area (Å²) in [5.41, 5.74) is 4.24. The summed E-state index contributed by atoms with van der Waals surface area (Å²) < 4.78 is 13.2. The van der Waals surface area contributed by atoms with Gasteiger partial charge in [0.2, 0.25) is 5.95 Å². The molecule has 3 heterocycles. The molecule has 0 aliphatic carbocycles. The minimum Gasteiger partial charge on any atom is -0.497 e. The molecule has 4 aromatic rings. The van der Waals surface area contributed by atoms with E-state index in [0.29, 0.717) is 18.1 Å². The molecule has 0 bridgehead atoms. The molecule has 0 spiro atoms. The predicted octanol–water partition coefficient (Wildman–Crippen LogP) is 5.20. The van der Waals surface area contributed by atoms with E-state index in [9.17, 15) is 9.90 Å². The number of benzene rings is 2. The van der Waals surface area contributed by atoms with E-state index < -0.39 is 5.97 Å². The lowest BCUT2D eigenvalue weighted by Gasteiger charge is -2.27. The van der Waals surface area contributed by atoms with Crippen LogP contribution >= 0.6 is 0 Å². The SMILES string of the molecule is COc1ccc(C2CCCN2c2ncc(C(=O)O)c(CCCc3cn(C)c4ccccc34)n2)c(OC)c1. The minimum absolute atomic E-state index is 0.0417. The Labute approximate surface area is 216 Å². The molecular weight excluding hydrogens is 468 g/mol. The summed E-state index contributed by atoms with van der Waals surface area (Å²) in [6.07, 6.45) is 7.73. The van der Waals surface area contributed by atoms with Crippen LogP contribution in [0.3, 0.4) is 0 Å². The van der Waals surface area contributed by atoms with E-state index in [1.54, 1.807) is 14.2 Å². The van der Waals surface area contributed by atoms with Crippen LogP contribution in [0.2, 0.25) is 0 Å². The molecule has 8 nitrogen and oxygen atoms in total. The molecule has 2 aromatic heterocycles. The van der Waals surface area contributed by atoms with Crippen LogP contribution in [0.15, 0.2) is 54.9 Å². The number of carboxylic acid groups (broad SMARTS) is 1. The summed E-state index contributed by atoms with van der Waals surface area (Å²) in [7, 11) is 5.34. The maximum atomic E-state index is 12.0. The number of fused-ring (bicyclic) bond motifs is 1. The van der Waals surface area contributed by atoms with Gasteiger partial charge < -0.3 is 24.0 Å². The lowest BCUT2D eigenvalue weighted by molar-refractivity contribution is 0.0694. The average molecular weight is 501 g/mol. The van der Waals surface area contributed by atoms with E-state index in [1.165, 1.54) is 22.7 Å². The fourth-order valence-electron chi connectivity index (χ4n) is 5.41. The quantitative estimate of drug-likeness (QED) is 0.338. The first-order chi connectivity index (χ1) is 18.0. The van der Waals surface area contributed by atoms with Gasteiger partial charge in [-0.1, -0.05) is 18.2 Å². The number of hydrogen-bond acceptors (Lipinski definition) is 6. The highest BCUT2D eigenvalue weighted by Crippen LogP contribution is 2.40. The van der Waals surface area contributed by atoms with Gasteiger partial charge in [0, 0.05) is 48.5 Å². The van der Waals surface area contributed by atoms with E-state index in [1.807, 2.05) is 24.3 Å². The van der Waals surface area contributed by atoms with Gasteiger partial charge in [-0.2, -0.15) is 0 Å². The zero-order valence-corrected chi connectivity index (χ0v) is 21.5. The van der Waals surface area contributed by atoms with Crippen LogP contribution in [0, 0.1) is 0 Å². The fourth-order valence-corrected chi connectivity index (χ4v) is 5.41. The van der Waals surface area contributed by atoms with Crippen molar-refractivity contribution < 1.29 is 19.4 Å². The maximum Gasteiger partial charge on any atom is 0.339 e. The Morgan fingerprint density at radius 3 is 2.76 bits per heavy atom. The number of aryl methyl sites for hydroxylation is 3. The molecule has 1 saturated heterocycles. The van der Waals surface area contributed by atoms with Gasteiger partial charge in [-0.25, -0.2) is 14.8 Å². The first-order valence-corrected chi connectivity index (χ1v) is 12.6. The number of nitrogens with zero attached hydrogens (tertiary/aromatic N) is 4. The van der Waals surface area contributed by atoms with Gasteiger partial charge in [-0.15, -0.1) is 0 Å². The third-order valence-corrected chi connectivity index (χ3v) is 7.23. The molecule has 2 aromatic carbocycles. The van der Waals surface area contributed by atoms with Gasteiger partial charge >= 0.3 is 5.97 Å². The second kappa shape index (κ2) is 10.5. The van der Waals surface area contributed by atoms with Crippen molar-refractivity contribution in [1.29, 1.82) is 0 Å². The summed E-state index contributed by atoms with van der Waals surface area (Å²) in [4.78, 5) is 23.4. The predicted molar refractivity (Wildman–Crippen MR) is 143 cm³/mol. The third kappa shape index (κ3) is 4.83. The number of methoxy groups -OCH3 is 2. The molecule has 1 aliphatic heterocycles. The molecular formula is C29H32N4O4. The lowest BCUT2D eigenvalue weighted by Crippen LogP contribution is -2.26. The molecule has 0 amide bonds. The number of carboxylic acids is 1. The largest absolute Gasteiger partial charge is 0.497 e. The van der Waals surface area contributed by atoms with Crippen LogP contribution in [-0.2, 0) is 19.9 Å². The van der Waals surface area contributed by atoms with E-state index in [0.717, 1.165) is 49.3 Å². The van der Waals surface area contributed by atoms with Gasteiger partial charge in [-0.3, -0.25) is 0 Å². The molecule has 192 valence electrons. The number of aromatic carboxylic acids is 1. The number of aromatic nitrogens is 3. The number of carbonyl (C=O) groups is 1. The molecule has 1 fully saturated rings. The van der Waals surface area contributed by atoms with E-state index in [4.69, 9.17) is 14.5 Å². The number of hydrogen-bond donors (Lipinski definition) is 1. The number of ether oxygens (including phenoxy) is 2. The molecule has 37 heavy (non-hydrogen) atoms. The number of para-hydroxylation sites is 1. The highest BCUT2D eigenvalue weighted by atomic mass is 16.5. The van der Waals surface area contributed by atoms with E-state index in [-0.39, 0.29) is 11.6 Å². The normalized spacial score (nSPS) is 15.3. The standard InChI is InChI=1S/C29H32N4O4/c1-32-18-19(21-9-4-5-11-25(21)32)8-6-10-24-23(28(34)35)17-30-29(31-24)33-15-7-12-26(33)22-14-13-20(36-2)16-27(22)37-3/h4-5,9,11,13-14,16-18,26H,6-8,10,12,15H2,1-3H3,(H,34,35). The fraction of sp³-hybridized carbons (Fsp3) is 0.345. The van der Waals surface area contributed by atoms with Crippen molar-refractivity contribution in [2.24, 2.45) is 7.05 Å². The molecule has 0 saturated carbocycles. The Kier molecular flexibility index (Phi) is 6.99. The first-order valence-electron chi connectivity index (χ1n) is 12.6. The Morgan fingerprint density at radius 1 is 1.14 bits per heavy atom. The van der Waals surface area contributed by atoms with Crippen molar-refractivity contribution in [2.45, 2.75) is 38.1 Å². The van der Waals surface area contributed by atoms with Crippen LogP contribution in [0.4, 0.5) is 5.95 Å². The highest BCUT2D eigenvalue weighted by Gasteiger charge is 2.31. The summed E-state index contributed by atoms with van der Waals surface area (Å²) in [6, 6.07) is 14.2. The minimum atomic E-state index is -0.999. The van der Waals surface area contributed by atoms with Crippen molar-refractivity contribution >= 4 is 22.8 Å². The second-order valence-corrected chi connectivity index (χ2v) is 9.43. The molecule has 0 radical (unpaired) electrons. The topological polar surface area (TPSA) is 89.7 Å². The number of anilines is 1. The monoisotopic (exact) mass is 500 g/mol. The molecule has 1 N–H and O–H groups in total. The van der Waals surface area contributed by atoms with Gasteiger partial charge in [0.15, 0.2) is 0 Å². The smallest absolute Gasteiger partial charge is 0.339 e. The van der Waals surface area contributed by atoms with Crippen LogP contribution in [0.1, 0.15) is 52.5 Å². The van der Waals surface area contributed by atoms with Crippen LogP contribution in [0.25, 0.3) is 10.9 Å². The summed E-state index contributed by atoms with van der Waals surface area (Å²) in [5.74, 6) is 1.06. The summed E-state index contributed by atoms with van der Waals surface area (Å²) in [6.45, 7) is 0.793. The zero-order valence-electron chi connectivity index (χ0n) is 21.5. The van der Waals surface area contributed by atoms with Crippen molar-refractivity contribution in [3.05, 3.63) is 77.2 Å². The molecule has 1 aliphatic rings. The lowest BCUT2D eigenvalue weighted by atomic mass is 10.0. The molecule has 5 rings (SSSR count). The van der Waals surface area contributed by atoms with E-state index in [2.05, 4.69) is 45.9 Å². The first kappa shape index (κ1) is 24.6. The van der Waals surface area contributed by atoms with Gasteiger partial charge in [0.25, 0.3) is 0 Å². The Hall–Kier alpha value is -4.07. The molecule has 1 unspecified atom stereocenters. The van der Waals surface area contributed by atoms with Gasteiger partial charge in [0.1, 0.15) is 11.5 Å². The summed E-state index contributed by atoms with van der Waals surface area (Å²) in [5, 5.41) is 11.0. The second-order valence-electron chi connectivity index (χ2n) is 9.43. The van der Waals surface area contributed by atoms with Crippen molar-refractivity contribution in [3.8, 4) is 11.5 Å². The summed E-state index contributed by atoms with van der Waals surface area (Å²) >= 11 is 0. The zero-order chi connectivity index (χ0) is 25.9. The molecule has 1 atom stereocenters. The van der Waals surface area contributed by atoms with Gasteiger partial charge in [-0.05, 0) is 55.9 Å². The maximum absolute atomic E-state index is 12.0. The molecule has 8 heteroatoms. The highest BCUT2D eigenvalue weighted by molar-refractivity contribution is 5.88. The van der Waals surface area contributed by atoms with Gasteiger partial charge in [0.05, 0.1) is 31.5 Å². The Balaban J connectivity index is 1.39. The van der Waals surface area contributed by atoms with Crippen molar-refractivity contribution in [1.82, 2.24) is 14.5 Å². The average Bonchev–Trinajstić information content (AvgIpc) is 3.53. The van der Waals surface area contributed by atoms with Crippen molar-refractivity contribution in [2.75, 3.05) is 25.7 Å². The Morgan fingerprint density at radius 2 is 1.97 bits per heavy atom. The van der Waals surface area contributed by atoms with Crippen molar-refractivity contribution in [3.63, 3.8) is 0 Å². The third-order valence-electron chi connectivity index (χ3n) is 7.23. The number of rotatable bonds is 9.